The molecule has 1 nitrogen and oxygen atoms in total. The van der Waals surface area contributed by atoms with E-state index in [9.17, 15) is 0 Å². The molecule has 0 bridgehead atoms. The summed E-state index contributed by atoms with van der Waals surface area (Å²) in [6, 6.07) is 76.3. The summed E-state index contributed by atoms with van der Waals surface area (Å²) >= 11 is 0. The van der Waals surface area contributed by atoms with Crippen LogP contribution in [-0.2, 0) is 6.42 Å². The summed E-state index contributed by atoms with van der Waals surface area (Å²) in [4.78, 5) is 0. The smallest absolute Gasteiger partial charge is 0.143 e. The van der Waals surface area contributed by atoms with Gasteiger partial charge in [0, 0.05) is 22.1 Å². The molecule has 0 saturated carbocycles. The number of ether oxygens (including phenoxy) is 1. The number of fused-ring (bicyclic) bond motifs is 4. The second kappa shape index (κ2) is 12.8. The number of rotatable bonds is 4. The highest BCUT2D eigenvalue weighted by Crippen LogP contribution is 2.60. The van der Waals surface area contributed by atoms with Gasteiger partial charge in [-0.3, -0.25) is 0 Å². The standard InChI is InChI=1S/C61H36O/c1-5-21-41-36(13-1)17-9-25-45(41)51-34-53(47-27-11-19-38-15-3-7-23-43(38)47)54-33-40-29-30-50-52(46-26-10-18-37-14-2-6-22-42(37)46)35-55(48-28-12-20-39-16-4-8-24-44(39)48)61-59(50)57(40)60-56(62-61)32-31-49(51)58(54)60/h1-32,34-35H,33H2. The normalized spacial score (nSPS) is 12.6. The van der Waals surface area contributed by atoms with Crippen molar-refractivity contribution in [2.75, 3.05) is 0 Å². The minimum Gasteiger partial charge on any atom is -0.455 e. The van der Waals surface area contributed by atoms with E-state index in [1.165, 1.54) is 126 Å². The van der Waals surface area contributed by atoms with Gasteiger partial charge >= 0.3 is 0 Å². The molecule has 0 atom stereocenters. The first kappa shape index (κ1) is 33.8. The van der Waals surface area contributed by atoms with E-state index in [0.29, 0.717) is 0 Å². The quantitative estimate of drug-likeness (QED) is 0.173. The van der Waals surface area contributed by atoms with E-state index in [-0.39, 0.29) is 0 Å². The molecule has 1 heterocycles. The van der Waals surface area contributed by atoms with Gasteiger partial charge in [-0.15, -0.1) is 0 Å². The third-order valence-electron chi connectivity index (χ3n) is 13.9. The van der Waals surface area contributed by atoms with Crippen molar-refractivity contribution in [3.05, 3.63) is 217 Å². The van der Waals surface area contributed by atoms with Crippen LogP contribution in [0.25, 0.3) is 120 Å². The fourth-order valence-corrected chi connectivity index (χ4v) is 11.2. The second-order valence-corrected chi connectivity index (χ2v) is 17.0. The third-order valence-corrected chi connectivity index (χ3v) is 13.9. The highest BCUT2D eigenvalue weighted by molar-refractivity contribution is 6.24. The summed E-state index contributed by atoms with van der Waals surface area (Å²) in [6.07, 6.45) is 0.814. The molecule has 0 aromatic heterocycles. The maximum absolute atomic E-state index is 7.48. The lowest BCUT2D eigenvalue weighted by Gasteiger charge is -2.33. The Labute approximate surface area is 358 Å². The fourth-order valence-electron chi connectivity index (χ4n) is 11.2. The van der Waals surface area contributed by atoms with Gasteiger partial charge in [0.15, 0.2) is 0 Å². The molecule has 0 radical (unpaired) electrons. The Morgan fingerprint density at radius 2 is 0.710 bits per heavy atom. The maximum atomic E-state index is 7.48. The van der Waals surface area contributed by atoms with Crippen LogP contribution in [0, 0.1) is 0 Å². The van der Waals surface area contributed by atoms with Gasteiger partial charge in [-0.1, -0.05) is 182 Å². The molecular weight excluding hydrogens is 749 g/mol. The van der Waals surface area contributed by atoms with E-state index in [1.54, 1.807) is 0 Å². The van der Waals surface area contributed by atoms with Crippen molar-refractivity contribution >= 4 is 64.6 Å². The van der Waals surface area contributed by atoms with Crippen LogP contribution >= 0.6 is 0 Å². The van der Waals surface area contributed by atoms with Crippen LogP contribution in [0.15, 0.2) is 206 Å². The summed E-state index contributed by atoms with van der Waals surface area (Å²) in [6.45, 7) is 0. The van der Waals surface area contributed by atoms with Crippen LogP contribution in [-0.4, -0.2) is 0 Å². The molecule has 0 amide bonds. The van der Waals surface area contributed by atoms with Gasteiger partial charge in [0.1, 0.15) is 11.5 Å². The number of benzene rings is 12. The maximum Gasteiger partial charge on any atom is 0.143 e. The Kier molecular flexibility index (Phi) is 6.95. The van der Waals surface area contributed by atoms with Crippen molar-refractivity contribution in [2.45, 2.75) is 6.42 Å². The zero-order valence-corrected chi connectivity index (χ0v) is 33.7. The van der Waals surface area contributed by atoms with Gasteiger partial charge in [0.05, 0.1) is 0 Å². The Bertz CT molecular complexity index is 3650. The average Bonchev–Trinajstić information content (AvgIpc) is 3.34. The van der Waals surface area contributed by atoms with E-state index >= 15 is 0 Å². The zero-order valence-electron chi connectivity index (χ0n) is 33.7. The minimum atomic E-state index is 0.814. The van der Waals surface area contributed by atoms with E-state index in [2.05, 4.69) is 206 Å². The van der Waals surface area contributed by atoms with Gasteiger partial charge in [0.25, 0.3) is 0 Å². The minimum absolute atomic E-state index is 0.814. The molecule has 0 spiro atoms. The SMILES string of the molecule is c1ccc2c(-c3cc(-c4cccc5ccccc45)c4ccc5c6c4c3Cc3ccc4c(-c7cccc8ccccc78)cc(-c7cccc8ccccc78)c(c4c3-6)O5)cccc2c1. The Morgan fingerprint density at radius 1 is 0.290 bits per heavy atom. The van der Waals surface area contributed by atoms with E-state index in [0.717, 1.165) is 23.5 Å². The van der Waals surface area contributed by atoms with E-state index < -0.39 is 0 Å². The lowest BCUT2D eigenvalue weighted by molar-refractivity contribution is 0.489. The highest BCUT2D eigenvalue weighted by Gasteiger charge is 2.34. The van der Waals surface area contributed by atoms with Gasteiger partial charge in [-0.2, -0.15) is 0 Å². The summed E-state index contributed by atoms with van der Waals surface area (Å²) < 4.78 is 7.48. The molecule has 1 aliphatic carbocycles. The monoisotopic (exact) mass is 784 g/mol. The van der Waals surface area contributed by atoms with Gasteiger partial charge < -0.3 is 4.74 Å². The topological polar surface area (TPSA) is 9.23 Å². The predicted octanol–water partition coefficient (Wildman–Crippen LogP) is 17.0. The van der Waals surface area contributed by atoms with E-state index in [4.69, 9.17) is 4.74 Å². The average molecular weight is 785 g/mol. The van der Waals surface area contributed by atoms with Crippen LogP contribution in [0.1, 0.15) is 11.1 Å². The third kappa shape index (κ3) is 4.68. The van der Waals surface area contributed by atoms with Crippen molar-refractivity contribution in [3.8, 4) is 67.1 Å². The summed E-state index contributed by atoms with van der Waals surface area (Å²) in [5.41, 5.74) is 15.0. The molecule has 14 rings (SSSR count). The Balaban J connectivity index is 1.15. The fraction of sp³-hybridized carbons (Fsp3) is 0.0164. The molecule has 2 aliphatic rings. The number of hydrogen-bond acceptors (Lipinski definition) is 1. The number of hydrogen-bond donors (Lipinski definition) is 0. The molecule has 0 saturated heterocycles. The molecule has 0 fully saturated rings. The van der Waals surface area contributed by atoms with E-state index in [1.807, 2.05) is 0 Å². The first-order valence-electron chi connectivity index (χ1n) is 21.6. The van der Waals surface area contributed by atoms with Crippen LogP contribution in [0.3, 0.4) is 0 Å². The lowest BCUT2D eigenvalue weighted by atomic mass is 9.74. The van der Waals surface area contributed by atoms with Crippen LogP contribution in [0.5, 0.6) is 11.5 Å². The van der Waals surface area contributed by atoms with Crippen molar-refractivity contribution < 1.29 is 4.74 Å². The largest absolute Gasteiger partial charge is 0.455 e. The van der Waals surface area contributed by atoms with Crippen molar-refractivity contribution in [2.24, 2.45) is 0 Å². The first-order valence-corrected chi connectivity index (χ1v) is 21.6. The molecule has 12 aromatic carbocycles. The molecule has 62 heavy (non-hydrogen) atoms. The van der Waals surface area contributed by atoms with Gasteiger partial charge in [-0.25, -0.2) is 0 Å². The molecule has 0 unspecified atom stereocenters. The molecule has 0 N–H and O–H groups in total. The van der Waals surface area contributed by atoms with Crippen molar-refractivity contribution in [1.29, 1.82) is 0 Å². The second-order valence-electron chi connectivity index (χ2n) is 17.0. The summed E-state index contributed by atoms with van der Waals surface area (Å²) in [5, 5.41) is 14.9. The van der Waals surface area contributed by atoms with Crippen LogP contribution in [0.4, 0.5) is 0 Å². The van der Waals surface area contributed by atoms with Crippen LogP contribution in [0.2, 0.25) is 0 Å². The summed E-state index contributed by atoms with van der Waals surface area (Å²) in [7, 11) is 0. The molecule has 1 heteroatoms. The molecule has 286 valence electrons. The van der Waals surface area contributed by atoms with Gasteiger partial charge in [-0.05, 0) is 140 Å². The molecule has 12 aromatic rings. The Morgan fingerprint density at radius 3 is 1.24 bits per heavy atom. The zero-order chi connectivity index (χ0) is 40.5. The Hall–Kier alpha value is -8.00. The molecular formula is C61H36O. The molecule has 1 aliphatic heterocycles. The van der Waals surface area contributed by atoms with Crippen molar-refractivity contribution in [1.82, 2.24) is 0 Å². The predicted molar refractivity (Wildman–Crippen MR) is 262 cm³/mol. The van der Waals surface area contributed by atoms with Gasteiger partial charge in [0.2, 0.25) is 0 Å². The van der Waals surface area contributed by atoms with Crippen LogP contribution < -0.4 is 4.74 Å². The lowest BCUT2D eigenvalue weighted by Crippen LogP contribution is -2.10. The first-order chi connectivity index (χ1) is 30.8. The highest BCUT2D eigenvalue weighted by atomic mass is 16.5. The van der Waals surface area contributed by atoms with Crippen molar-refractivity contribution in [3.63, 3.8) is 0 Å². The summed E-state index contributed by atoms with van der Waals surface area (Å²) in [5.74, 6) is 1.85.